The third kappa shape index (κ3) is 2.20. The second-order valence-corrected chi connectivity index (χ2v) is 5.84. The highest BCUT2D eigenvalue weighted by atomic mass is 32.1. The molecule has 5 nitrogen and oxygen atoms in total. The van der Waals surface area contributed by atoms with E-state index in [1.807, 2.05) is 35.8 Å². The molecule has 0 aliphatic carbocycles. The number of hydrogen-bond donors (Lipinski definition) is 0. The lowest BCUT2D eigenvalue weighted by molar-refractivity contribution is 0.0737. The number of likely N-dealkylation sites (tertiary alicyclic amines) is 1. The van der Waals surface area contributed by atoms with Gasteiger partial charge in [-0.2, -0.15) is 5.10 Å². The molecule has 0 bridgehead atoms. The van der Waals surface area contributed by atoms with E-state index >= 15 is 0 Å². The number of carbonyl (C=O) groups is 1. The summed E-state index contributed by atoms with van der Waals surface area (Å²) >= 11 is 1.43. The maximum Gasteiger partial charge on any atom is 0.268 e. The van der Waals surface area contributed by atoms with Gasteiger partial charge in [-0.1, -0.05) is 0 Å². The molecular weight excluding hydrogens is 274 g/mol. The first-order chi connectivity index (χ1) is 9.70. The summed E-state index contributed by atoms with van der Waals surface area (Å²) in [6, 6.07) is 1.97. The number of aromatic nitrogens is 2. The van der Waals surface area contributed by atoms with E-state index in [0.717, 1.165) is 24.9 Å². The van der Waals surface area contributed by atoms with Crippen molar-refractivity contribution in [1.29, 1.82) is 0 Å². The predicted octanol–water partition coefficient (Wildman–Crippen LogP) is 2.47. The van der Waals surface area contributed by atoms with Crippen molar-refractivity contribution in [3.63, 3.8) is 0 Å². The maximum atomic E-state index is 12.7. The van der Waals surface area contributed by atoms with Crippen LogP contribution in [0.1, 0.15) is 34.1 Å². The molecule has 0 unspecified atom stereocenters. The monoisotopic (exact) mass is 291 g/mol. The number of carbonyl (C=O) groups excluding carboxylic acids is 1. The molecule has 1 aliphatic heterocycles. The molecule has 1 saturated heterocycles. The smallest absolute Gasteiger partial charge is 0.268 e. The maximum absolute atomic E-state index is 12.7. The Labute approximate surface area is 121 Å². The van der Waals surface area contributed by atoms with Crippen LogP contribution in [0.4, 0.5) is 0 Å². The minimum atomic E-state index is 0.0585. The molecule has 0 saturated carbocycles. The summed E-state index contributed by atoms with van der Waals surface area (Å²) in [6.07, 6.45) is 5.86. The normalized spacial score (nSPS) is 18.5. The first-order valence-electron chi connectivity index (χ1n) is 6.61. The zero-order valence-electron chi connectivity index (χ0n) is 11.6. The first-order valence-corrected chi connectivity index (χ1v) is 7.49. The van der Waals surface area contributed by atoms with Gasteiger partial charge in [0.1, 0.15) is 10.6 Å². The molecule has 106 valence electrons. The molecule has 1 fully saturated rings. The van der Waals surface area contributed by atoms with E-state index in [2.05, 4.69) is 5.10 Å². The summed E-state index contributed by atoms with van der Waals surface area (Å²) in [7, 11) is 3.49. The summed E-state index contributed by atoms with van der Waals surface area (Å²) in [6.45, 7) is 0.791. The lowest BCUT2D eigenvalue weighted by Gasteiger charge is -2.23. The Morgan fingerprint density at radius 1 is 1.55 bits per heavy atom. The molecule has 6 heteroatoms. The molecule has 1 atom stereocenters. The summed E-state index contributed by atoms with van der Waals surface area (Å²) < 4.78 is 7.04. The SMILES string of the molecule is COc1ccsc1C(=O)N1CCC[C@@H]1c1cnn(C)c1. The minimum absolute atomic E-state index is 0.0585. The van der Waals surface area contributed by atoms with Crippen LogP contribution in [-0.4, -0.2) is 34.2 Å². The van der Waals surface area contributed by atoms with Gasteiger partial charge in [-0.3, -0.25) is 9.48 Å². The van der Waals surface area contributed by atoms with Gasteiger partial charge in [0, 0.05) is 25.4 Å². The molecule has 0 spiro atoms. The fourth-order valence-corrected chi connectivity index (χ4v) is 3.53. The molecule has 2 aromatic heterocycles. The molecular formula is C14H17N3O2S. The van der Waals surface area contributed by atoms with Crippen molar-refractivity contribution < 1.29 is 9.53 Å². The number of hydrogen-bond acceptors (Lipinski definition) is 4. The zero-order valence-corrected chi connectivity index (χ0v) is 12.4. The third-order valence-corrected chi connectivity index (χ3v) is 4.55. The number of methoxy groups -OCH3 is 1. The Hall–Kier alpha value is -1.82. The van der Waals surface area contributed by atoms with Crippen LogP contribution in [0, 0.1) is 0 Å². The largest absolute Gasteiger partial charge is 0.495 e. The van der Waals surface area contributed by atoms with E-state index in [0.29, 0.717) is 10.6 Å². The number of ether oxygens (including phenoxy) is 1. The van der Waals surface area contributed by atoms with Crippen molar-refractivity contribution in [3.8, 4) is 5.75 Å². The highest BCUT2D eigenvalue weighted by Gasteiger charge is 2.33. The van der Waals surface area contributed by atoms with Crippen LogP contribution in [0.15, 0.2) is 23.8 Å². The van der Waals surface area contributed by atoms with Crippen LogP contribution in [0.3, 0.4) is 0 Å². The van der Waals surface area contributed by atoms with Gasteiger partial charge >= 0.3 is 0 Å². The van der Waals surface area contributed by atoms with Crippen LogP contribution >= 0.6 is 11.3 Å². The molecule has 3 rings (SSSR count). The predicted molar refractivity (Wildman–Crippen MR) is 77.1 cm³/mol. The van der Waals surface area contributed by atoms with Gasteiger partial charge in [0.25, 0.3) is 5.91 Å². The average Bonchev–Trinajstić information content (AvgIpc) is 3.17. The van der Waals surface area contributed by atoms with Gasteiger partial charge in [-0.25, -0.2) is 0 Å². The topological polar surface area (TPSA) is 47.4 Å². The molecule has 2 aromatic rings. The van der Waals surface area contributed by atoms with E-state index in [4.69, 9.17) is 4.74 Å². The van der Waals surface area contributed by atoms with Gasteiger partial charge < -0.3 is 9.64 Å². The number of rotatable bonds is 3. The van der Waals surface area contributed by atoms with Gasteiger partial charge in [0.05, 0.1) is 19.3 Å². The molecule has 0 radical (unpaired) electrons. The Bertz CT molecular complexity index is 619. The molecule has 3 heterocycles. The Morgan fingerprint density at radius 2 is 2.40 bits per heavy atom. The van der Waals surface area contributed by atoms with Gasteiger partial charge in [0.15, 0.2) is 0 Å². The van der Waals surface area contributed by atoms with Crippen LogP contribution in [0.2, 0.25) is 0 Å². The van der Waals surface area contributed by atoms with E-state index < -0.39 is 0 Å². The van der Waals surface area contributed by atoms with Crippen molar-refractivity contribution in [2.24, 2.45) is 7.05 Å². The number of aryl methyl sites for hydroxylation is 1. The number of thiophene rings is 1. The van der Waals surface area contributed by atoms with Crippen LogP contribution in [-0.2, 0) is 7.05 Å². The Kier molecular flexibility index (Phi) is 3.48. The molecule has 20 heavy (non-hydrogen) atoms. The Morgan fingerprint density at radius 3 is 3.10 bits per heavy atom. The van der Waals surface area contributed by atoms with E-state index in [1.54, 1.807) is 11.8 Å². The molecule has 1 amide bonds. The van der Waals surface area contributed by atoms with Crippen molar-refractivity contribution in [3.05, 3.63) is 34.3 Å². The van der Waals surface area contributed by atoms with Gasteiger partial charge in [-0.15, -0.1) is 11.3 Å². The van der Waals surface area contributed by atoms with Crippen molar-refractivity contribution in [2.75, 3.05) is 13.7 Å². The summed E-state index contributed by atoms with van der Waals surface area (Å²) in [5, 5.41) is 6.10. The van der Waals surface area contributed by atoms with E-state index in [-0.39, 0.29) is 11.9 Å². The first kappa shape index (κ1) is 13.2. The fourth-order valence-electron chi connectivity index (χ4n) is 2.71. The van der Waals surface area contributed by atoms with Crippen molar-refractivity contribution in [2.45, 2.75) is 18.9 Å². The van der Waals surface area contributed by atoms with Crippen molar-refractivity contribution >= 4 is 17.2 Å². The highest BCUT2D eigenvalue weighted by molar-refractivity contribution is 7.12. The second kappa shape index (κ2) is 5.28. The summed E-state index contributed by atoms with van der Waals surface area (Å²) in [4.78, 5) is 15.3. The second-order valence-electron chi connectivity index (χ2n) is 4.92. The van der Waals surface area contributed by atoms with Gasteiger partial charge in [-0.05, 0) is 24.3 Å². The van der Waals surface area contributed by atoms with E-state index in [1.165, 1.54) is 11.3 Å². The fraction of sp³-hybridized carbons (Fsp3) is 0.429. The van der Waals surface area contributed by atoms with Crippen molar-refractivity contribution in [1.82, 2.24) is 14.7 Å². The average molecular weight is 291 g/mol. The van der Waals surface area contributed by atoms with Crippen LogP contribution in [0.5, 0.6) is 5.75 Å². The lowest BCUT2D eigenvalue weighted by Crippen LogP contribution is -2.30. The number of amides is 1. The standard InChI is InChI=1S/C14H17N3O2S/c1-16-9-10(8-15-16)11-4-3-6-17(11)14(18)13-12(19-2)5-7-20-13/h5,7-9,11H,3-4,6H2,1-2H3/t11-/m1/s1. The highest BCUT2D eigenvalue weighted by Crippen LogP contribution is 2.35. The summed E-state index contributed by atoms with van der Waals surface area (Å²) in [5.41, 5.74) is 1.11. The molecule has 0 aromatic carbocycles. The quantitative estimate of drug-likeness (QED) is 0.873. The van der Waals surface area contributed by atoms with Gasteiger partial charge in [0.2, 0.25) is 0 Å². The molecule has 0 N–H and O–H groups in total. The lowest BCUT2D eigenvalue weighted by atomic mass is 10.1. The van der Waals surface area contributed by atoms with E-state index in [9.17, 15) is 4.79 Å². The summed E-state index contributed by atoms with van der Waals surface area (Å²) in [5.74, 6) is 0.722. The van der Waals surface area contributed by atoms with Crippen LogP contribution < -0.4 is 4.74 Å². The van der Waals surface area contributed by atoms with Crippen LogP contribution in [0.25, 0.3) is 0 Å². The third-order valence-electron chi connectivity index (χ3n) is 3.67. The number of nitrogens with zero attached hydrogens (tertiary/aromatic N) is 3. The zero-order chi connectivity index (χ0) is 14.1. The Balaban J connectivity index is 1.87. The molecule has 1 aliphatic rings. The minimum Gasteiger partial charge on any atom is -0.495 e.